The highest BCUT2D eigenvalue weighted by Crippen LogP contribution is 2.45. The molecule has 0 aromatic heterocycles. The molecule has 0 fully saturated rings. The van der Waals surface area contributed by atoms with Gasteiger partial charge >= 0.3 is 0 Å². The average molecular weight is 369 g/mol. The van der Waals surface area contributed by atoms with E-state index in [1.165, 1.54) is 0 Å². The van der Waals surface area contributed by atoms with Gasteiger partial charge in [0.25, 0.3) is 0 Å². The Morgan fingerprint density at radius 3 is 2.32 bits per heavy atom. The van der Waals surface area contributed by atoms with E-state index in [2.05, 4.69) is 37.4 Å². The maximum absolute atomic E-state index is 13.0. The van der Waals surface area contributed by atoms with Crippen LogP contribution in [0.25, 0.3) is 11.1 Å². The van der Waals surface area contributed by atoms with Gasteiger partial charge in [-0.05, 0) is 28.5 Å². The smallest absolute Gasteiger partial charge is 0.162 e. The Morgan fingerprint density at radius 1 is 1.04 bits per heavy atom. The molecule has 0 amide bonds. The predicted octanol–water partition coefficient (Wildman–Crippen LogP) is 4.38. The second kappa shape index (κ2) is 6.69. The molecule has 1 atom stereocenters. The van der Waals surface area contributed by atoms with E-state index in [1.54, 1.807) is 0 Å². The van der Waals surface area contributed by atoms with Crippen LogP contribution in [-0.2, 0) is 4.79 Å². The number of nitrogens with zero attached hydrogens (tertiary/aromatic N) is 1. The predicted molar refractivity (Wildman–Crippen MR) is 110 cm³/mol. The average Bonchev–Trinajstić information content (AvgIpc) is 2.67. The van der Waals surface area contributed by atoms with E-state index in [9.17, 15) is 10.1 Å². The number of nitrogens with two attached hydrogens (primary N) is 1. The molecule has 0 saturated carbocycles. The van der Waals surface area contributed by atoms with Gasteiger partial charge in [-0.2, -0.15) is 5.26 Å². The molecule has 0 unspecified atom stereocenters. The molecule has 28 heavy (non-hydrogen) atoms. The Hall–Kier alpha value is -3.32. The molecule has 0 saturated heterocycles. The van der Waals surface area contributed by atoms with Gasteiger partial charge in [0.2, 0.25) is 0 Å². The van der Waals surface area contributed by atoms with E-state index in [0.717, 1.165) is 28.8 Å². The molecule has 4 heteroatoms. The molecular formula is C24H23N3O. The van der Waals surface area contributed by atoms with Crippen molar-refractivity contribution < 1.29 is 4.79 Å². The number of dihydropyridines is 1. The standard InChI is InChI=1S/C24H23N3O/c1-24(2)12-19-22(20(28)13-24)21(18(14-25)23(26)27-19)17-10-8-16(9-11-17)15-6-4-3-5-7-15/h3-11,21,27H,12-13,26H2,1-2H3/t21-/m1/s1. The molecule has 1 heterocycles. The van der Waals surface area contributed by atoms with Gasteiger partial charge < -0.3 is 11.1 Å². The van der Waals surface area contributed by atoms with E-state index in [-0.39, 0.29) is 11.2 Å². The van der Waals surface area contributed by atoms with Gasteiger partial charge in [-0.3, -0.25) is 4.79 Å². The number of allylic oxidation sites excluding steroid dienone is 3. The lowest BCUT2D eigenvalue weighted by Gasteiger charge is -2.38. The zero-order valence-electron chi connectivity index (χ0n) is 16.1. The minimum absolute atomic E-state index is 0.0936. The van der Waals surface area contributed by atoms with Crippen LogP contribution in [0.2, 0.25) is 0 Å². The van der Waals surface area contributed by atoms with Crippen molar-refractivity contribution in [3.63, 3.8) is 0 Å². The van der Waals surface area contributed by atoms with Gasteiger partial charge in [0.1, 0.15) is 5.82 Å². The van der Waals surface area contributed by atoms with E-state index in [0.29, 0.717) is 23.4 Å². The summed E-state index contributed by atoms with van der Waals surface area (Å²) in [4.78, 5) is 13.0. The first-order valence-corrected chi connectivity index (χ1v) is 9.48. The fourth-order valence-electron chi connectivity index (χ4n) is 4.27. The van der Waals surface area contributed by atoms with E-state index < -0.39 is 5.92 Å². The van der Waals surface area contributed by atoms with Gasteiger partial charge in [0.05, 0.1) is 17.6 Å². The molecule has 2 aromatic carbocycles. The fourth-order valence-corrected chi connectivity index (χ4v) is 4.27. The number of carbonyl (C=O) groups excluding carboxylic acids is 1. The van der Waals surface area contributed by atoms with Gasteiger partial charge in [0, 0.05) is 17.7 Å². The van der Waals surface area contributed by atoms with Crippen LogP contribution in [0.5, 0.6) is 0 Å². The number of ketones is 1. The summed E-state index contributed by atoms with van der Waals surface area (Å²) < 4.78 is 0. The second-order valence-electron chi connectivity index (χ2n) is 8.32. The molecular weight excluding hydrogens is 346 g/mol. The first-order chi connectivity index (χ1) is 13.4. The lowest BCUT2D eigenvalue weighted by Crippen LogP contribution is -2.39. The number of benzene rings is 2. The number of Topliss-reactive ketones (excluding diaryl/α,β-unsaturated/α-hetero) is 1. The fraction of sp³-hybridized carbons (Fsp3) is 0.250. The minimum atomic E-state index is -0.408. The topological polar surface area (TPSA) is 78.9 Å². The highest BCUT2D eigenvalue weighted by atomic mass is 16.1. The Kier molecular flexibility index (Phi) is 4.31. The van der Waals surface area contributed by atoms with Crippen LogP contribution in [0, 0.1) is 16.7 Å². The third kappa shape index (κ3) is 3.10. The first-order valence-electron chi connectivity index (χ1n) is 9.48. The van der Waals surface area contributed by atoms with Gasteiger partial charge in [-0.25, -0.2) is 0 Å². The number of rotatable bonds is 2. The summed E-state index contributed by atoms with van der Waals surface area (Å²) >= 11 is 0. The largest absolute Gasteiger partial charge is 0.384 e. The van der Waals surface area contributed by atoms with Crippen LogP contribution in [0.15, 0.2) is 77.3 Å². The Morgan fingerprint density at radius 2 is 1.68 bits per heavy atom. The van der Waals surface area contributed by atoms with Crippen molar-refractivity contribution in [3.05, 3.63) is 82.8 Å². The third-order valence-electron chi connectivity index (χ3n) is 5.54. The monoisotopic (exact) mass is 369 g/mol. The molecule has 0 spiro atoms. The van der Waals surface area contributed by atoms with E-state index >= 15 is 0 Å². The van der Waals surface area contributed by atoms with Crippen molar-refractivity contribution in [1.29, 1.82) is 5.26 Å². The molecule has 4 rings (SSSR count). The van der Waals surface area contributed by atoms with Crippen LogP contribution in [0.3, 0.4) is 0 Å². The number of nitrogens with one attached hydrogen (secondary N) is 1. The Bertz CT molecular complexity index is 1040. The molecule has 0 bridgehead atoms. The van der Waals surface area contributed by atoms with Crippen molar-refractivity contribution in [2.45, 2.75) is 32.6 Å². The zero-order chi connectivity index (χ0) is 19.9. The summed E-state index contributed by atoms with van der Waals surface area (Å²) in [5.74, 6) is 0.0368. The molecule has 2 aromatic rings. The van der Waals surface area contributed by atoms with Crippen molar-refractivity contribution in [2.75, 3.05) is 0 Å². The van der Waals surface area contributed by atoms with Gasteiger partial charge in [-0.1, -0.05) is 68.4 Å². The third-order valence-corrected chi connectivity index (χ3v) is 5.54. The quantitative estimate of drug-likeness (QED) is 0.823. The van der Waals surface area contributed by atoms with Crippen molar-refractivity contribution in [2.24, 2.45) is 11.1 Å². The molecule has 140 valence electrons. The van der Waals surface area contributed by atoms with Crippen LogP contribution < -0.4 is 11.1 Å². The van der Waals surface area contributed by atoms with Crippen LogP contribution in [-0.4, -0.2) is 5.78 Å². The number of carbonyl (C=O) groups is 1. The lowest BCUT2D eigenvalue weighted by atomic mass is 9.69. The first kappa shape index (κ1) is 18.1. The summed E-state index contributed by atoms with van der Waals surface area (Å²) in [7, 11) is 0. The SMILES string of the molecule is CC1(C)CC(=O)C2=C(C1)NC(N)=C(C#N)[C@H]2c1ccc(-c2ccccc2)cc1. The van der Waals surface area contributed by atoms with Crippen molar-refractivity contribution in [3.8, 4) is 17.2 Å². The number of hydrogen-bond acceptors (Lipinski definition) is 4. The molecule has 4 nitrogen and oxygen atoms in total. The van der Waals surface area contributed by atoms with E-state index in [4.69, 9.17) is 5.73 Å². The molecule has 0 radical (unpaired) electrons. The maximum Gasteiger partial charge on any atom is 0.162 e. The number of nitriles is 1. The highest BCUT2D eigenvalue weighted by Gasteiger charge is 2.41. The summed E-state index contributed by atoms with van der Waals surface area (Å²) in [6.45, 7) is 4.17. The molecule has 1 aliphatic carbocycles. The summed E-state index contributed by atoms with van der Waals surface area (Å²) in [5, 5.41) is 12.9. The zero-order valence-corrected chi connectivity index (χ0v) is 16.1. The van der Waals surface area contributed by atoms with Gasteiger partial charge in [0.15, 0.2) is 5.78 Å². The highest BCUT2D eigenvalue weighted by molar-refractivity contribution is 6.00. The lowest BCUT2D eigenvalue weighted by molar-refractivity contribution is -0.118. The van der Waals surface area contributed by atoms with Crippen LogP contribution in [0.1, 0.15) is 38.2 Å². The Labute approximate surface area is 165 Å². The van der Waals surface area contributed by atoms with Gasteiger partial charge in [-0.15, -0.1) is 0 Å². The second-order valence-corrected chi connectivity index (χ2v) is 8.32. The summed E-state index contributed by atoms with van der Waals surface area (Å²) in [5.41, 5.74) is 11.2. The minimum Gasteiger partial charge on any atom is -0.384 e. The summed E-state index contributed by atoms with van der Waals surface area (Å²) in [6.07, 6.45) is 1.22. The van der Waals surface area contributed by atoms with Crippen molar-refractivity contribution >= 4 is 5.78 Å². The van der Waals surface area contributed by atoms with Crippen LogP contribution in [0.4, 0.5) is 0 Å². The molecule has 3 N–H and O–H groups in total. The maximum atomic E-state index is 13.0. The van der Waals surface area contributed by atoms with Crippen molar-refractivity contribution in [1.82, 2.24) is 5.32 Å². The summed E-state index contributed by atoms with van der Waals surface area (Å²) in [6, 6.07) is 20.4. The van der Waals surface area contributed by atoms with E-state index in [1.807, 2.05) is 42.5 Å². The van der Waals surface area contributed by atoms with Crippen LogP contribution >= 0.6 is 0 Å². The number of hydrogen-bond donors (Lipinski definition) is 2. The molecule has 1 aliphatic heterocycles. The normalized spacial score (nSPS) is 21.0. The Balaban J connectivity index is 1.79. The molecule has 2 aliphatic rings.